The van der Waals surface area contributed by atoms with Crippen molar-refractivity contribution < 1.29 is 13.2 Å². The van der Waals surface area contributed by atoms with E-state index in [0.29, 0.717) is 0 Å². The second-order valence-corrected chi connectivity index (χ2v) is 8.51. The van der Waals surface area contributed by atoms with Crippen molar-refractivity contribution in [1.29, 1.82) is 0 Å². The van der Waals surface area contributed by atoms with Crippen LogP contribution in [0.5, 0.6) is 0 Å². The molecule has 0 aliphatic heterocycles. The second-order valence-electron chi connectivity index (χ2n) is 6.00. The number of nitrogens with two attached hydrogens (primary N) is 1. The fraction of sp³-hybridized carbons (Fsp3) is 0.278. The smallest absolute Gasteiger partial charge is 0.182 e. The predicted octanol–water partition coefficient (Wildman–Crippen LogP) is 2.55. The number of hydrogen-bond donors (Lipinski definition) is 1. The molecule has 0 heterocycles. The zero-order chi connectivity index (χ0) is 17.4. The van der Waals surface area contributed by atoms with Gasteiger partial charge in [-0.2, -0.15) is 0 Å². The molecule has 126 valence electrons. The second kappa shape index (κ2) is 6.27. The van der Waals surface area contributed by atoms with E-state index in [9.17, 15) is 8.42 Å². The summed E-state index contributed by atoms with van der Waals surface area (Å²) < 4.78 is 31.7. The van der Waals surface area contributed by atoms with Crippen LogP contribution in [0.15, 0.2) is 65.6 Å². The molecule has 2 aromatic rings. The van der Waals surface area contributed by atoms with Gasteiger partial charge < -0.3 is 10.5 Å². The lowest BCUT2D eigenvalue weighted by Gasteiger charge is -2.16. The van der Waals surface area contributed by atoms with Crippen LogP contribution in [0.1, 0.15) is 11.5 Å². The zero-order valence-corrected chi connectivity index (χ0v) is 14.9. The van der Waals surface area contributed by atoms with Gasteiger partial charge in [0, 0.05) is 13.0 Å². The molecule has 1 aliphatic carbocycles. The van der Waals surface area contributed by atoms with E-state index >= 15 is 0 Å². The highest BCUT2D eigenvalue weighted by molar-refractivity contribution is 7.92. The van der Waals surface area contributed by atoms with Gasteiger partial charge in [0.1, 0.15) is 0 Å². The Balaban J connectivity index is 2.12. The first-order chi connectivity index (χ1) is 11.5. The van der Waals surface area contributed by atoms with E-state index in [1.807, 2.05) is 30.3 Å². The average Bonchev–Trinajstić information content (AvgIpc) is 3.28. The third kappa shape index (κ3) is 2.55. The highest BCUT2D eigenvalue weighted by Crippen LogP contribution is 2.64. The Morgan fingerprint density at radius 2 is 1.67 bits per heavy atom. The number of thiocarbonyl (C=S) groups is 1. The van der Waals surface area contributed by atoms with Crippen molar-refractivity contribution in [2.45, 2.75) is 16.1 Å². The molecule has 0 amide bonds. The molecule has 3 unspecified atom stereocenters. The standard InChI is InChI=1S/C18H19NO3S2/c1-22-12-18(17(19)23)15(13-8-4-2-5-9-13)16(18)24(20,21)14-10-6-3-7-11-14/h2-11,15-16H,12H2,1H3,(H2,19,23). The molecule has 1 saturated carbocycles. The Labute approximate surface area is 147 Å². The number of sulfone groups is 1. The van der Waals surface area contributed by atoms with Gasteiger partial charge in [-0.1, -0.05) is 60.7 Å². The number of rotatable bonds is 6. The first-order valence-corrected chi connectivity index (χ1v) is 9.54. The highest BCUT2D eigenvalue weighted by Gasteiger charge is 2.73. The van der Waals surface area contributed by atoms with Crippen LogP contribution in [-0.4, -0.2) is 32.4 Å². The predicted molar refractivity (Wildman–Crippen MR) is 97.7 cm³/mol. The Hall–Kier alpha value is -1.76. The minimum absolute atomic E-state index is 0.179. The number of ether oxygens (including phenoxy) is 1. The molecule has 1 fully saturated rings. The van der Waals surface area contributed by atoms with Gasteiger partial charge in [-0.05, 0) is 17.7 Å². The van der Waals surface area contributed by atoms with Crippen molar-refractivity contribution >= 4 is 27.0 Å². The van der Waals surface area contributed by atoms with E-state index in [-0.39, 0.29) is 22.4 Å². The monoisotopic (exact) mass is 361 g/mol. The molecule has 3 rings (SSSR count). The van der Waals surface area contributed by atoms with E-state index in [1.165, 1.54) is 7.11 Å². The minimum Gasteiger partial charge on any atom is -0.393 e. The van der Waals surface area contributed by atoms with Crippen LogP contribution >= 0.6 is 12.2 Å². The molecule has 2 N–H and O–H groups in total. The quantitative estimate of drug-likeness (QED) is 0.801. The summed E-state index contributed by atoms with van der Waals surface area (Å²) in [6.07, 6.45) is 0. The summed E-state index contributed by atoms with van der Waals surface area (Å²) >= 11 is 5.27. The first-order valence-electron chi connectivity index (χ1n) is 7.59. The lowest BCUT2D eigenvalue weighted by molar-refractivity contribution is 0.166. The molecule has 0 bridgehead atoms. The minimum atomic E-state index is -3.59. The lowest BCUT2D eigenvalue weighted by atomic mass is 10.00. The van der Waals surface area contributed by atoms with Crippen LogP contribution in [0.25, 0.3) is 0 Å². The van der Waals surface area contributed by atoms with Crippen molar-refractivity contribution in [3.8, 4) is 0 Å². The highest BCUT2D eigenvalue weighted by atomic mass is 32.2. The molecule has 3 atom stereocenters. The van der Waals surface area contributed by atoms with E-state index in [1.54, 1.807) is 30.3 Å². The van der Waals surface area contributed by atoms with E-state index in [2.05, 4.69) is 0 Å². The molecule has 24 heavy (non-hydrogen) atoms. The van der Waals surface area contributed by atoms with Crippen LogP contribution < -0.4 is 5.73 Å². The molecule has 0 aromatic heterocycles. The molecular formula is C18H19NO3S2. The van der Waals surface area contributed by atoms with Crippen molar-refractivity contribution in [3.63, 3.8) is 0 Å². The molecule has 1 aliphatic rings. The maximum Gasteiger partial charge on any atom is 0.182 e. The van der Waals surface area contributed by atoms with Crippen molar-refractivity contribution in [2.24, 2.45) is 11.1 Å². The van der Waals surface area contributed by atoms with Crippen LogP contribution in [-0.2, 0) is 14.6 Å². The molecule has 0 saturated heterocycles. The van der Waals surface area contributed by atoms with Gasteiger partial charge in [0.25, 0.3) is 0 Å². The molecule has 4 nitrogen and oxygen atoms in total. The summed E-state index contributed by atoms with van der Waals surface area (Å²) in [4.78, 5) is 0.466. The maximum absolute atomic E-state index is 13.2. The Kier molecular flexibility index (Phi) is 4.46. The molecule has 0 radical (unpaired) electrons. The van der Waals surface area contributed by atoms with Gasteiger partial charge >= 0.3 is 0 Å². The average molecular weight is 361 g/mol. The van der Waals surface area contributed by atoms with Gasteiger partial charge in [0.15, 0.2) is 9.84 Å². The Bertz CT molecular complexity index is 837. The molecule has 6 heteroatoms. The number of hydrogen-bond acceptors (Lipinski definition) is 4. The van der Waals surface area contributed by atoms with E-state index in [4.69, 9.17) is 22.7 Å². The molecular weight excluding hydrogens is 342 g/mol. The topological polar surface area (TPSA) is 69.4 Å². The van der Waals surface area contributed by atoms with Crippen LogP contribution in [0.3, 0.4) is 0 Å². The number of benzene rings is 2. The van der Waals surface area contributed by atoms with E-state index < -0.39 is 20.5 Å². The summed E-state index contributed by atoms with van der Waals surface area (Å²) in [5, 5.41) is -0.716. The third-order valence-corrected chi connectivity index (χ3v) is 7.33. The van der Waals surface area contributed by atoms with Gasteiger partial charge in [-0.3, -0.25) is 0 Å². The first kappa shape index (κ1) is 17.1. The summed E-state index contributed by atoms with van der Waals surface area (Å²) in [5.41, 5.74) is 6.03. The maximum atomic E-state index is 13.2. The third-order valence-electron chi connectivity index (χ3n) is 4.66. The largest absolute Gasteiger partial charge is 0.393 e. The van der Waals surface area contributed by atoms with Gasteiger partial charge in [0.2, 0.25) is 0 Å². The van der Waals surface area contributed by atoms with Crippen molar-refractivity contribution in [1.82, 2.24) is 0 Å². The SMILES string of the molecule is COCC1(C(N)=S)C(c2ccccc2)C1S(=O)(=O)c1ccccc1. The van der Waals surface area contributed by atoms with Crippen molar-refractivity contribution in [3.05, 3.63) is 66.2 Å². The van der Waals surface area contributed by atoms with Gasteiger partial charge in [-0.25, -0.2) is 8.42 Å². The van der Waals surface area contributed by atoms with Crippen molar-refractivity contribution in [2.75, 3.05) is 13.7 Å². The van der Waals surface area contributed by atoms with Gasteiger partial charge in [-0.15, -0.1) is 0 Å². The lowest BCUT2D eigenvalue weighted by Crippen LogP contribution is -2.33. The summed E-state index contributed by atoms with van der Waals surface area (Å²) in [7, 11) is -2.05. The zero-order valence-electron chi connectivity index (χ0n) is 13.3. The molecule has 2 aromatic carbocycles. The van der Waals surface area contributed by atoms with Crippen LogP contribution in [0.2, 0.25) is 0 Å². The Morgan fingerprint density at radius 3 is 2.17 bits per heavy atom. The summed E-state index contributed by atoms with van der Waals surface area (Å²) in [6.45, 7) is 0.179. The van der Waals surface area contributed by atoms with Crippen LogP contribution in [0.4, 0.5) is 0 Å². The summed E-state index contributed by atoms with van der Waals surface area (Å²) in [5.74, 6) is -0.304. The normalized spacial score (nSPS) is 26.0. The van der Waals surface area contributed by atoms with Crippen LogP contribution in [0, 0.1) is 5.41 Å². The van der Waals surface area contributed by atoms with Gasteiger partial charge in [0.05, 0.1) is 27.2 Å². The summed E-state index contributed by atoms with van der Waals surface area (Å²) in [6, 6.07) is 17.9. The fourth-order valence-corrected chi connectivity index (χ4v) is 6.32. The fourth-order valence-electron chi connectivity index (χ4n) is 3.53. The Morgan fingerprint density at radius 1 is 1.12 bits per heavy atom. The number of methoxy groups -OCH3 is 1. The van der Waals surface area contributed by atoms with E-state index in [0.717, 1.165) is 5.56 Å². The molecule has 0 spiro atoms.